The molecule has 196 valence electrons. The molecule has 0 aliphatic carbocycles. The lowest BCUT2D eigenvalue weighted by Crippen LogP contribution is -2.19. The summed E-state index contributed by atoms with van der Waals surface area (Å²) >= 11 is 6.44. The van der Waals surface area contributed by atoms with Crippen LogP contribution in [0.1, 0.15) is 27.2 Å². The zero-order valence-corrected chi connectivity index (χ0v) is 21.9. The second-order valence-electron chi connectivity index (χ2n) is 8.11. The molecule has 1 heterocycles. The standard InChI is InChI=1S/C26H23ClFN5O4S/c1-17-22(25(27)33(31-17)16-18-10-12-20(28)13-11-18)15-29-30-26(34)19-6-5-7-21(14-19)38(35,36)32-23-8-3-4-9-24(23)37-2/h3-15,32H,16H2,1-2H3,(H,30,34). The van der Waals surface area contributed by atoms with E-state index >= 15 is 0 Å². The Kier molecular flexibility index (Phi) is 8.08. The minimum absolute atomic E-state index is 0.0832. The van der Waals surface area contributed by atoms with Gasteiger partial charge in [0, 0.05) is 5.56 Å². The van der Waals surface area contributed by atoms with E-state index in [0.717, 1.165) is 5.56 Å². The number of para-hydroxylation sites is 2. The average molecular weight is 556 g/mol. The van der Waals surface area contributed by atoms with Crippen molar-refractivity contribution in [3.63, 3.8) is 0 Å². The number of methoxy groups -OCH3 is 1. The first-order valence-corrected chi connectivity index (χ1v) is 13.1. The van der Waals surface area contributed by atoms with Crippen molar-refractivity contribution in [3.05, 3.63) is 106 Å². The lowest BCUT2D eigenvalue weighted by molar-refractivity contribution is 0.0955. The molecule has 38 heavy (non-hydrogen) atoms. The van der Waals surface area contributed by atoms with E-state index < -0.39 is 15.9 Å². The number of carbonyl (C=O) groups is 1. The predicted octanol–water partition coefficient (Wildman–Crippen LogP) is 4.61. The molecule has 0 fully saturated rings. The average Bonchev–Trinajstić information content (AvgIpc) is 3.17. The molecule has 0 radical (unpaired) electrons. The first-order valence-electron chi connectivity index (χ1n) is 11.2. The number of carbonyl (C=O) groups excluding carboxylic acids is 1. The van der Waals surface area contributed by atoms with Crippen molar-refractivity contribution in [2.75, 3.05) is 11.8 Å². The lowest BCUT2D eigenvalue weighted by Gasteiger charge is -2.12. The molecular formula is C26H23ClFN5O4S. The van der Waals surface area contributed by atoms with Crippen molar-refractivity contribution < 1.29 is 22.3 Å². The van der Waals surface area contributed by atoms with Crippen LogP contribution in [-0.2, 0) is 16.6 Å². The Bertz CT molecular complexity index is 1600. The maximum Gasteiger partial charge on any atom is 0.271 e. The van der Waals surface area contributed by atoms with E-state index in [1.165, 1.54) is 54.4 Å². The third-order valence-corrected chi connectivity index (χ3v) is 7.23. The number of rotatable bonds is 9. The quantitative estimate of drug-likeness (QED) is 0.231. The Morgan fingerprint density at radius 2 is 1.87 bits per heavy atom. The van der Waals surface area contributed by atoms with Crippen LogP contribution < -0.4 is 14.9 Å². The van der Waals surface area contributed by atoms with Crippen molar-refractivity contribution in [3.8, 4) is 5.75 Å². The van der Waals surface area contributed by atoms with Gasteiger partial charge < -0.3 is 4.74 Å². The summed E-state index contributed by atoms with van der Waals surface area (Å²) in [7, 11) is -2.57. The van der Waals surface area contributed by atoms with Crippen LogP contribution in [0.25, 0.3) is 0 Å². The summed E-state index contributed by atoms with van der Waals surface area (Å²) in [4.78, 5) is 12.6. The van der Waals surface area contributed by atoms with E-state index in [9.17, 15) is 17.6 Å². The molecule has 0 bridgehead atoms. The molecule has 0 unspecified atom stereocenters. The Balaban J connectivity index is 1.46. The van der Waals surface area contributed by atoms with Gasteiger partial charge in [-0.05, 0) is 55.0 Å². The Morgan fingerprint density at radius 3 is 2.61 bits per heavy atom. The van der Waals surface area contributed by atoms with E-state index in [0.29, 0.717) is 28.7 Å². The fourth-order valence-corrected chi connectivity index (χ4v) is 4.94. The number of nitrogens with one attached hydrogen (secondary N) is 2. The molecule has 0 atom stereocenters. The molecule has 2 N–H and O–H groups in total. The number of anilines is 1. The van der Waals surface area contributed by atoms with Crippen LogP contribution in [0.4, 0.5) is 10.1 Å². The predicted molar refractivity (Wildman–Crippen MR) is 143 cm³/mol. The summed E-state index contributed by atoms with van der Waals surface area (Å²) in [6.45, 7) is 2.06. The molecule has 0 spiro atoms. The van der Waals surface area contributed by atoms with Crippen molar-refractivity contribution in [1.82, 2.24) is 15.2 Å². The minimum Gasteiger partial charge on any atom is -0.495 e. The Hall–Kier alpha value is -4.22. The number of ether oxygens (including phenoxy) is 1. The number of sulfonamides is 1. The fourth-order valence-electron chi connectivity index (χ4n) is 3.54. The molecule has 0 aliphatic rings. The molecule has 1 aromatic heterocycles. The van der Waals surface area contributed by atoms with Crippen molar-refractivity contribution >= 4 is 39.4 Å². The number of aromatic nitrogens is 2. The number of hydrogen-bond donors (Lipinski definition) is 2. The first kappa shape index (κ1) is 26.8. The summed E-state index contributed by atoms with van der Waals surface area (Å²) in [5, 5.41) is 8.63. The molecule has 9 nitrogen and oxygen atoms in total. The Labute approximate surface area is 224 Å². The van der Waals surface area contributed by atoms with Crippen LogP contribution in [-0.4, -0.2) is 37.4 Å². The largest absolute Gasteiger partial charge is 0.495 e. The number of aryl methyl sites for hydroxylation is 1. The summed E-state index contributed by atoms with van der Waals surface area (Å²) < 4.78 is 48.1. The summed E-state index contributed by atoms with van der Waals surface area (Å²) in [5.74, 6) is -0.604. The molecule has 0 aliphatic heterocycles. The van der Waals surface area contributed by atoms with Crippen LogP contribution in [0.15, 0.2) is 82.8 Å². The van der Waals surface area contributed by atoms with Gasteiger partial charge in [-0.15, -0.1) is 0 Å². The van der Waals surface area contributed by atoms with Crippen molar-refractivity contribution in [2.24, 2.45) is 5.10 Å². The van der Waals surface area contributed by atoms with Gasteiger partial charge in [-0.25, -0.2) is 22.9 Å². The van der Waals surface area contributed by atoms with E-state index in [4.69, 9.17) is 16.3 Å². The van der Waals surface area contributed by atoms with Gasteiger partial charge in [0.1, 0.15) is 16.7 Å². The zero-order chi connectivity index (χ0) is 27.3. The highest BCUT2D eigenvalue weighted by atomic mass is 35.5. The lowest BCUT2D eigenvalue weighted by atomic mass is 10.2. The molecule has 4 rings (SSSR count). The third kappa shape index (κ3) is 6.18. The molecule has 0 saturated heterocycles. The zero-order valence-electron chi connectivity index (χ0n) is 20.4. The van der Waals surface area contributed by atoms with E-state index in [1.54, 1.807) is 43.3 Å². The number of nitrogens with zero attached hydrogens (tertiary/aromatic N) is 3. The second kappa shape index (κ2) is 11.4. The monoisotopic (exact) mass is 555 g/mol. The van der Waals surface area contributed by atoms with Crippen molar-refractivity contribution in [1.29, 1.82) is 0 Å². The van der Waals surface area contributed by atoms with Crippen LogP contribution in [0.5, 0.6) is 5.75 Å². The summed E-state index contributed by atoms with van der Waals surface area (Å²) in [6, 6.07) is 18.1. The SMILES string of the molecule is COc1ccccc1NS(=O)(=O)c1cccc(C(=O)NN=Cc2c(C)nn(Cc3ccc(F)cc3)c2Cl)c1. The number of hydrazone groups is 1. The molecule has 4 aromatic rings. The normalized spacial score (nSPS) is 11.5. The maximum absolute atomic E-state index is 13.2. The maximum atomic E-state index is 13.2. The van der Waals surface area contributed by atoms with Gasteiger partial charge in [0.15, 0.2) is 0 Å². The third-order valence-electron chi connectivity index (χ3n) is 5.47. The minimum atomic E-state index is -4.00. The highest BCUT2D eigenvalue weighted by molar-refractivity contribution is 7.92. The topological polar surface area (TPSA) is 115 Å². The van der Waals surface area contributed by atoms with Crippen LogP contribution in [0.2, 0.25) is 5.15 Å². The highest BCUT2D eigenvalue weighted by Crippen LogP contribution is 2.26. The number of benzene rings is 3. The second-order valence-corrected chi connectivity index (χ2v) is 10.1. The van der Waals surface area contributed by atoms with Crippen LogP contribution in [0.3, 0.4) is 0 Å². The van der Waals surface area contributed by atoms with E-state index in [2.05, 4.69) is 20.3 Å². The smallest absolute Gasteiger partial charge is 0.271 e. The van der Waals surface area contributed by atoms with Crippen LogP contribution >= 0.6 is 11.6 Å². The summed E-state index contributed by atoms with van der Waals surface area (Å²) in [6.07, 6.45) is 1.35. The van der Waals surface area contributed by atoms with Gasteiger partial charge in [-0.1, -0.05) is 41.9 Å². The highest BCUT2D eigenvalue weighted by Gasteiger charge is 2.18. The summed E-state index contributed by atoms with van der Waals surface area (Å²) in [5.41, 5.74) is 4.59. The molecule has 1 amide bonds. The van der Waals surface area contributed by atoms with Gasteiger partial charge in [0.05, 0.1) is 41.7 Å². The van der Waals surface area contributed by atoms with Gasteiger partial charge >= 0.3 is 0 Å². The van der Waals surface area contributed by atoms with E-state index in [1.807, 2.05) is 0 Å². The molecule has 12 heteroatoms. The molecular weight excluding hydrogens is 533 g/mol. The number of hydrogen-bond acceptors (Lipinski definition) is 6. The van der Waals surface area contributed by atoms with Crippen molar-refractivity contribution in [2.45, 2.75) is 18.4 Å². The van der Waals surface area contributed by atoms with Gasteiger partial charge in [0.2, 0.25) is 0 Å². The number of amides is 1. The molecule has 3 aromatic carbocycles. The van der Waals surface area contributed by atoms with Gasteiger partial charge in [-0.2, -0.15) is 10.2 Å². The van der Waals surface area contributed by atoms with Gasteiger partial charge in [0.25, 0.3) is 15.9 Å². The van der Waals surface area contributed by atoms with E-state index in [-0.39, 0.29) is 22.0 Å². The fraction of sp³-hybridized carbons (Fsp3) is 0.115. The van der Waals surface area contributed by atoms with Gasteiger partial charge in [-0.3, -0.25) is 9.52 Å². The first-order chi connectivity index (χ1) is 18.2. The van der Waals surface area contributed by atoms with Crippen LogP contribution in [0, 0.1) is 12.7 Å². The molecule has 0 saturated carbocycles. The number of halogens is 2. The Morgan fingerprint density at radius 1 is 1.13 bits per heavy atom.